The lowest BCUT2D eigenvalue weighted by molar-refractivity contribution is -0.948. The summed E-state index contributed by atoms with van der Waals surface area (Å²) >= 11 is 0. The van der Waals surface area contributed by atoms with Crippen LogP contribution in [0.5, 0.6) is 0 Å². The Morgan fingerprint density at radius 3 is 2.25 bits per heavy atom. The summed E-state index contributed by atoms with van der Waals surface area (Å²) in [7, 11) is 0. The van der Waals surface area contributed by atoms with Gasteiger partial charge in [-0.1, -0.05) is 0 Å². The van der Waals surface area contributed by atoms with Gasteiger partial charge in [-0.15, -0.1) is 0 Å². The minimum Gasteiger partial charge on any atom is -0.390 e. The van der Waals surface area contributed by atoms with Crippen LogP contribution in [0.15, 0.2) is 0 Å². The van der Waals surface area contributed by atoms with Crippen LogP contribution in [0, 0.1) is 23.7 Å². The molecule has 2 N–H and O–H groups in total. The third-order valence-corrected chi connectivity index (χ3v) is 8.35. The lowest BCUT2D eigenvalue weighted by Gasteiger charge is -2.55. The molecule has 2 saturated heterocycles. The van der Waals surface area contributed by atoms with Gasteiger partial charge in [0.15, 0.2) is 0 Å². The summed E-state index contributed by atoms with van der Waals surface area (Å²) in [6.45, 7) is 11.1. The standard InChI is InChI=1S/C23H41NO4/c1-4-26-21-8-7-15-11-19-17-13-22(27-5-2)20(25)12-16(17)9-10-24(19)14-18(15)23(21)28-6-3/h15-23,25H,4-14H2,1-3H3/p+1. The minimum atomic E-state index is -0.261. The predicted octanol–water partition coefficient (Wildman–Crippen LogP) is 1.68. The first-order valence-electron chi connectivity index (χ1n) is 12.0. The second-order valence-electron chi connectivity index (χ2n) is 9.61. The maximum atomic E-state index is 10.5. The topological polar surface area (TPSA) is 52.4 Å². The molecular weight excluding hydrogens is 354 g/mol. The van der Waals surface area contributed by atoms with Crippen molar-refractivity contribution in [3.8, 4) is 0 Å². The second-order valence-corrected chi connectivity index (χ2v) is 9.61. The van der Waals surface area contributed by atoms with E-state index in [1.807, 2.05) is 6.92 Å². The molecule has 5 nitrogen and oxygen atoms in total. The lowest BCUT2D eigenvalue weighted by atomic mass is 9.62. The quantitative estimate of drug-likeness (QED) is 0.717. The summed E-state index contributed by atoms with van der Waals surface area (Å²) in [5.74, 6) is 2.84. The van der Waals surface area contributed by atoms with Crippen molar-refractivity contribution < 1.29 is 24.2 Å². The van der Waals surface area contributed by atoms with Crippen molar-refractivity contribution in [2.24, 2.45) is 23.7 Å². The van der Waals surface area contributed by atoms with Crippen molar-refractivity contribution in [2.45, 2.75) is 89.8 Å². The Kier molecular flexibility index (Phi) is 6.99. The van der Waals surface area contributed by atoms with Gasteiger partial charge in [0.25, 0.3) is 0 Å². The smallest absolute Gasteiger partial charge is 0.0920 e. The highest BCUT2D eigenvalue weighted by Crippen LogP contribution is 2.44. The average Bonchev–Trinajstić information content (AvgIpc) is 2.69. The van der Waals surface area contributed by atoms with Gasteiger partial charge in [0.05, 0.1) is 43.5 Å². The van der Waals surface area contributed by atoms with Crippen LogP contribution in [-0.4, -0.2) is 68.5 Å². The van der Waals surface area contributed by atoms with Gasteiger partial charge in [0.2, 0.25) is 0 Å². The molecule has 5 heteroatoms. The van der Waals surface area contributed by atoms with Crippen LogP contribution in [0.3, 0.4) is 0 Å². The van der Waals surface area contributed by atoms with Crippen LogP contribution >= 0.6 is 0 Å². The molecule has 0 aromatic rings. The highest BCUT2D eigenvalue weighted by atomic mass is 16.5. The number of hydrogen-bond donors (Lipinski definition) is 2. The SMILES string of the molecule is CCOC1CC2C(CC[NH+]3CC4C(CCC(OCC)C4OCC)CC23)CC1O. The molecule has 2 heterocycles. The van der Waals surface area contributed by atoms with Crippen molar-refractivity contribution in [2.75, 3.05) is 32.9 Å². The Bertz CT molecular complexity index is 503. The van der Waals surface area contributed by atoms with E-state index >= 15 is 0 Å². The van der Waals surface area contributed by atoms with Crippen LogP contribution in [-0.2, 0) is 14.2 Å². The summed E-state index contributed by atoms with van der Waals surface area (Å²) in [4.78, 5) is 1.80. The van der Waals surface area contributed by atoms with E-state index in [4.69, 9.17) is 14.2 Å². The zero-order chi connectivity index (χ0) is 19.7. The fourth-order valence-electron chi connectivity index (χ4n) is 7.25. The minimum absolute atomic E-state index is 0.0492. The monoisotopic (exact) mass is 396 g/mol. The summed E-state index contributed by atoms with van der Waals surface area (Å²) in [6, 6.07) is 0.751. The number of quaternary nitrogens is 1. The number of ether oxygens (including phenoxy) is 3. The first kappa shape index (κ1) is 21.0. The number of aliphatic hydroxyl groups is 1. The summed E-state index contributed by atoms with van der Waals surface area (Å²) in [5, 5.41) is 10.5. The van der Waals surface area contributed by atoms with E-state index < -0.39 is 0 Å². The van der Waals surface area contributed by atoms with Gasteiger partial charge in [-0.05, 0) is 64.7 Å². The molecule has 0 aromatic carbocycles. The van der Waals surface area contributed by atoms with E-state index in [0.717, 1.165) is 50.4 Å². The van der Waals surface area contributed by atoms with Crippen LogP contribution < -0.4 is 4.90 Å². The summed E-state index contributed by atoms with van der Waals surface area (Å²) in [6.07, 6.45) is 7.38. The molecule has 0 bridgehead atoms. The van der Waals surface area contributed by atoms with E-state index in [1.54, 1.807) is 4.90 Å². The molecule has 0 aromatic heterocycles. The van der Waals surface area contributed by atoms with E-state index in [9.17, 15) is 5.11 Å². The molecule has 4 rings (SSSR count). The van der Waals surface area contributed by atoms with Crippen molar-refractivity contribution >= 4 is 0 Å². The number of nitrogens with one attached hydrogen (secondary N) is 1. The Hall–Kier alpha value is -0.200. The lowest BCUT2D eigenvalue weighted by Crippen LogP contribution is -3.20. The van der Waals surface area contributed by atoms with Gasteiger partial charge in [0.1, 0.15) is 0 Å². The van der Waals surface area contributed by atoms with Gasteiger partial charge in [-0.25, -0.2) is 0 Å². The van der Waals surface area contributed by atoms with Gasteiger partial charge in [0, 0.05) is 38.1 Å². The molecule has 0 spiro atoms. The van der Waals surface area contributed by atoms with Crippen molar-refractivity contribution in [1.82, 2.24) is 0 Å². The zero-order valence-corrected chi connectivity index (χ0v) is 18.1. The molecule has 2 aliphatic heterocycles. The first-order chi connectivity index (χ1) is 13.7. The zero-order valence-electron chi connectivity index (χ0n) is 18.1. The highest BCUT2D eigenvalue weighted by molar-refractivity contribution is 4.97. The fourth-order valence-corrected chi connectivity index (χ4v) is 7.25. The van der Waals surface area contributed by atoms with Gasteiger partial charge in [-0.3, -0.25) is 0 Å². The maximum absolute atomic E-state index is 10.5. The molecule has 2 saturated carbocycles. The summed E-state index contributed by atoms with van der Waals surface area (Å²) in [5.41, 5.74) is 0. The number of fused-ring (bicyclic) bond motifs is 4. The van der Waals surface area contributed by atoms with E-state index in [1.165, 1.54) is 32.4 Å². The average molecular weight is 397 g/mol. The largest absolute Gasteiger partial charge is 0.390 e. The molecule has 28 heavy (non-hydrogen) atoms. The van der Waals surface area contributed by atoms with Crippen molar-refractivity contribution in [1.29, 1.82) is 0 Å². The Morgan fingerprint density at radius 2 is 1.50 bits per heavy atom. The molecule has 4 fully saturated rings. The number of aliphatic hydroxyl groups excluding tert-OH is 1. The maximum Gasteiger partial charge on any atom is 0.0920 e. The second kappa shape index (κ2) is 9.30. The predicted molar refractivity (Wildman–Crippen MR) is 108 cm³/mol. The molecule has 2 aliphatic carbocycles. The Labute approximate surface area is 171 Å². The van der Waals surface area contributed by atoms with Gasteiger partial charge >= 0.3 is 0 Å². The molecular formula is C23H42NO4+. The molecule has 0 amide bonds. The Morgan fingerprint density at radius 1 is 0.786 bits per heavy atom. The number of hydrogen-bond acceptors (Lipinski definition) is 4. The highest BCUT2D eigenvalue weighted by Gasteiger charge is 2.54. The molecule has 0 radical (unpaired) electrons. The molecule has 162 valence electrons. The summed E-state index contributed by atoms with van der Waals surface area (Å²) < 4.78 is 18.3. The number of piperidine rings is 2. The van der Waals surface area contributed by atoms with Gasteiger partial charge < -0.3 is 24.2 Å². The fraction of sp³-hybridized carbons (Fsp3) is 1.00. The molecule has 4 aliphatic rings. The van der Waals surface area contributed by atoms with Gasteiger partial charge in [-0.2, -0.15) is 0 Å². The van der Waals surface area contributed by atoms with Crippen LogP contribution in [0.1, 0.15) is 59.3 Å². The van der Waals surface area contributed by atoms with Crippen molar-refractivity contribution in [3.05, 3.63) is 0 Å². The normalized spacial score (nSPS) is 48.4. The van der Waals surface area contributed by atoms with Crippen LogP contribution in [0.4, 0.5) is 0 Å². The van der Waals surface area contributed by atoms with E-state index in [0.29, 0.717) is 18.4 Å². The third kappa shape index (κ3) is 4.02. The van der Waals surface area contributed by atoms with E-state index in [2.05, 4.69) is 13.8 Å². The Balaban J connectivity index is 1.47. The third-order valence-electron chi connectivity index (χ3n) is 8.35. The molecule has 10 atom stereocenters. The van der Waals surface area contributed by atoms with E-state index in [-0.39, 0.29) is 24.4 Å². The molecule has 10 unspecified atom stereocenters. The van der Waals surface area contributed by atoms with Crippen molar-refractivity contribution in [3.63, 3.8) is 0 Å². The first-order valence-corrected chi connectivity index (χ1v) is 12.0. The van der Waals surface area contributed by atoms with Crippen LogP contribution in [0.25, 0.3) is 0 Å². The number of rotatable bonds is 6. The van der Waals surface area contributed by atoms with Crippen LogP contribution in [0.2, 0.25) is 0 Å².